The van der Waals surface area contributed by atoms with Crippen molar-refractivity contribution < 1.29 is 9.53 Å². The molecule has 16 heavy (non-hydrogen) atoms. The Balaban J connectivity index is 1.70. The lowest BCUT2D eigenvalue weighted by Crippen LogP contribution is -2.66. The number of ether oxygens (including phenoxy) is 1. The zero-order valence-electron chi connectivity index (χ0n) is 10.1. The van der Waals surface area contributed by atoms with Gasteiger partial charge in [-0.2, -0.15) is 0 Å². The number of likely N-dealkylation sites (tertiary alicyclic amines) is 2. The third-order valence-electron chi connectivity index (χ3n) is 2.90. The van der Waals surface area contributed by atoms with Crippen LogP contribution in [0.15, 0.2) is 0 Å². The minimum atomic E-state index is -0.383. The minimum absolute atomic E-state index is 0.171. The maximum atomic E-state index is 11.7. The smallest absolute Gasteiger partial charge is 0.410 e. The van der Waals surface area contributed by atoms with Gasteiger partial charge in [0, 0.05) is 36.1 Å². The van der Waals surface area contributed by atoms with E-state index in [1.165, 1.54) is 13.1 Å². The Hall–Kier alpha value is -0.0400. The van der Waals surface area contributed by atoms with Crippen molar-refractivity contribution in [1.29, 1.82) is 0 Å². The molecule has 4 nitrogen and oxygen atoms in total. The van der Waals surface area contributed by atoms with Gasteiger partial charge in [-0.05, 0) is 20.8 Å². The Labute approximate surface area is 110 Å². The van der Waals surface area contributed by atoms with Gasteiger partial charge < -0.3 is 9.64 Å². The Morgan fingerprint density at radius 3 is 2.25 bits per heavy atom. The van der Waals surface area contributed by atoms with Gasteiger partial charge in [0.25, 0.3) is 0 Å². The molecule has 0 spiro atoms. The van der Waals surface area contributed by atoms with Gasteiger partial charge in [0.15, 0.2) is 0 Å². The van der Waals surface area contributed by atoms with Gasteiger partial charge in [-0.3, -0.25) is 4.90 Å². The first-order valence-electron chi connectivity index (χ1n) is 5.71. The molecule has 2 saturated heterocycles. The van der Waals surface area contributed by atoms with Crippen LogP contribution in [0.3, 0.4) is 0 Å². The molecule has 2 aliphatic rings. The van der Waals surface area contributed by atoms with Crippen LogP contribution in [-0.2, 0) is 4.74 Å². The van der Waals surface area contributed by atoms with Crippen LogP contribution < -0.4 is 0 Å². The maximum absolute atomic E-state index is 11.7. The first kappa shape index (κ1) is 12.4. The molecule has 0 aromatic heterocycles. The van der Waals surface area contributed by atoms with Crippen LogP contribution in [0.25, 0.3) is 0 Å². The summed E-state index contributed by atoms with van der Waals surface area (Å²) in [5.41, 5.74) is -0.383. The first-order valence-corrected chi connectivity index (χ1v) is 6.96. The Morgan fingerprint density at radius 2 is 1.81 bits per heavy atom. The number of hydrogen-bond acceptors (Lipinski definition) is 3. The molecule has 0 atom stereocenters. The van der Waals surface area contributed by atoms with Crippen LogP contribution in [0, 0.1) is 0 Å². The van der Waals surface area contributed by atoms with Crippen molar-refractivity contribution in [2.45, 2.75) is 36.3 Å². The molecule has 1 amide bonds. The highest BCUT2D eigenvalue weighted by molar-refractivity contribution is 14.1. The molecule has 2 fully saturated rings. The Kier molecular flexibility index (Phi) is 3.36. The number of amides is 1. The predicted octanol–water partition coefficient (Wildman–Crippen LogP) is 1.72. The molecule has 2 heterocycles. The molecule has 5 heteroatoms. The molecule has 0 N–H and O–H groups in total. The van der Waals surface area contributed by atoms with Gasteiger partial charge in [-0.1, -0.05) is 22.6 Å². The highest BCUT2D eigenvalue weighted by atomic mass is 127. The molecule has 92 valence electrons. The number of hydrogen-bond donors (Lipinski definition) is 0. The van der Waals surface area contributed by atoms with Crippen molar-refractivity contribution in [2.24, 2.45) is 0 Å². The highest BCUT2D eigenvalue weighted by Crippen LogP contribution is 2.25. The summed E-state index contributed by atoms with van der Waals surface area (Å²) in [6, 6.07) is 0.568. The lowest BCUT2D eigenvalue weighted by Gasteiger charge is -2.50. The third-order valence-corrected chi connectivity index (χ3v) is 3.68. The summed E-state index contributed by atoms with van der Waals surface area (Å²) in [6.45, 7) is 9.71. The van der Waals surface area contributed by atoms with Gasteiger partial charge >= 0.3 is 6.09 Å². The number of carbonyl (C=O) groups is 1. The molecular formula is C11H19IN2O2. The molecule has 2 aliphatic heterocycles. The zero-order valence-corrected chi connectivity index (χ0v) is 12.2. The molecule has 2 rings (SSSR count). The van der Waals surface area contributed by atoms with E-state index in [9.17, 15) is 4.79 Å². The standard InChI is InChI=1S/C11H19IN2O2/c1-11(2,3)16-10(15)14-6-9(7-14)13-4-8(12)5-13/h8-9H,4-7H2,1-3H3. The van der Waals surface area contributed by atoms with Crippen molar-refractivity contribution in [2.75, 3.05) is 26.2 Å². The molecule has 0 unspecified atom stereocenters. The van der Waals surface area contributed by atoms with Crippen molar-refractivity contribution in [3.63, 3.8) is 0 Å². The largest absolute Gasteiger partial charge is 0.444 e. The van der Waals surface area contributed by atoms with E-state index in [1.54, 1.807) is 4.90 Å². The third kappa shape index (κ3) is 2.80. The summed E-state index contributed by atoms with van der Waals surface area (Å²) in [7, 11) is 0. The van der Waals surface area contributed by atoms with Crippen molar-refractivity contribution in [3.05, 3.63) is 0 Å². The fraction of sp³-hybridized carbons (Fsp3) is 0.909. The molecule has 0 bridgehead atoms. The van der Waals surface area contributed by atoms with E-state index in [2.05, 4.69) is 27.5 Å². The van der Waals surface area contributed by atoms with Crippen molar-refractivity contribution >= 4 is 28.7 Å². The van der Waals surface area contributed by atoms with Gasteiger partial charge in [0.1, 0.15) is 5.60 Å². The lowest BCUT2D eigenvalue weighted by molar-refractivity contribution is -0.0257. The van der Waals surface area contributed by atoms with E-state index in [0.717, 1.165) is 17.0 Å². The molecular weight excluding hydrogens is 319 g/mol. The van der Waals surface area contributed by atoms with Gasteiger partial charge in [0.2, 0.25) is 0 Å². The second-order valence-electron chi connectivity index (χ2n) is 5.59. The summed E-state index contributed by atoms with van der Waals surface area (Å²) in [6.07, 6.45) is -0.171. The summed E-state index contributed by atoms with van der Waals surface area (Å²) in [5, 5.41) is 0. The van der Waals surface area contributed by atoms with Gasteiger partial charge in [-0.25, -0.2) is 4.79 Å². The average molecular weight is 338 g/mol. The van der Waals surface area contributed by atoms with Gasteiger partial charge in [0.05, 0.1) is 0 Å². The Bertz CT molecular complexity index is 278. The molecule has 0 aromatic carbocycles. The molecule has 0 saturated carbocycles. The van der Waals surface area contributed by atoms with Crippen molar-refractivity contribution in [1.82, 2.24) is 9.80 Å². The van der Waals surface area contributed by atoms with Crippen LogP contribution in [0.4, 0.5) is 4.79 Å². The van der Waals surface area contributed by atoms with Crippen molar-refractivity contribution in [3.8, 4) is 0 Å². The molecule has 0 aromatic rings. The SMILES string of the molecule is CC(C)(C)OC(=O)N1CC(N2CC(I)C2)C1. The monoisotopic (exact) mass is 338 g/mol. The number of alkyl halides is 1. The number of halogens is 1. The topological polar surface area (TPSA) is 32.8 Å². The quantitative estimate of drug-likeness (QED) is 0.539. The number of rotatable bonds is 1. The fourth-order valence-electron chi connectivity index (χ4n) is 1.92. The van der Waals surface area contributed by atoms with E-state index >= 15 is 0 Å². The second kappa shape index (κ2) is 4.33. The fourth-order valence-corrected chi connectivity index (χ4v) is 2.93. The first-order chi connectivity index (χ1) is 7.35. The predicted molar refractivity (Wildman–Crippen MR) is 71.0 cm³/mol. The molecule has 0 aliphatic carbocycles. The van der Waals surface area contributed by atoms with E-state index in [4.69, 9.17) is 4.74 Å². The summed E-state index contributed by atoms with van der Waals surface area (Å²) in [5.74, 6) is 0. The van der Waals surface area contributed by atoms with E-state index in [0.29, 0.717) is 6.04 Å². The van der Waals surface area contributed by atoms with E-state index in [-0.39, 0.29) is 11.7 Å². The Morgan fingerprint density at radius 1 is 1.25 bits per heavy atom. The van der Waals surface area contributed by atoms with E-state index in [1.807, 2.05) is 20.8 Å². The minimum Gasteiger partial charge on any atom is -0.444 e. The summed E-state index contributed by atoms with van der Waals surface area (Å²) < 4.78 is 6.11. The normalized spacial score (nSPS) is 23.9. The highest BCUT2D eigenvalue weighted by Gasteiger charge is 2.40. The number of nitrogens with zero attached hydrogens (tertiary/aromatic N) is 2. The summed E-state index contributed by atoms with van der Waals surface area (Å²) in [4.78, 5) is 15.9. The van der Waals surface area contributed by atoms with Crippen LogP contribution in [-0.4, -0.2) is 57.6 Å². The summed E-state index contributed by atoms with van der Waals surface area (Å²) >= 11 is 2.47. The van der Waals surface area contributed by atoms with E-state index < -0.39 is 0 Å². The van der Waals surface area contributed by atoms with Gasteiger partial charge in [-0.15, -0.1) is 0 Å². The number of carbonyl (C=O) groups excluding carboxylic acids is 1. The lowest BCUT2D eigenvalue weighted by atomic mass is 10.0. The maximum Gasteiger partial charge on any atom is 0.410 e. The second-order valence-corrected chi connectivity index (χ2v) is 7.35. The average Bonchev–Trinajstić information content (AvgIpc) is 1.94. The van der Waals surface area contributed by atoms with Crippen LogP contribution in [0.5, 0.6) is 0 Å². The zero-order chi connectivity index (χ0) is 11.9. The van der Waals surface area contributed by atoms with Crippen LogP contribution in [0.2, 0.25) is 0 Å². The van der Waals surface area contributed by atoms with Crippen LogP contribution >= 0.6 is 22.6 Å². The molecule has 0 radical (unpaired) electrons. The van der Waals surface area contributed by atoms with Crippen LogP contribution in [0.1, 0.15) is 20.8 Å².